The molecule has 0 spiro atoms. The first-order chi connectivity index (χ1) is 8.67. The van der Waals surface area contributed by atoms with E-state index >= 15 is 0 Å². The zero-order chi connectivity index (χ0) is 13.5. The van der Waals surface area contributed by atoms with E-state index in [0.717, 1.165) is 0 Å². The average Bonchev–Trinajstić information content (AvgIpc) is 2.39. The number of nitrogens with one attached hydrogen (secondary N) is 1. The van der Waals surface area contributed by atoms with Crippen LogP contribution in [0.5, 0.6) is 5.75 Å². The predicted molar refractivity (Wildman–Crippen MR) is 74.8 cm³/mol. The lowest BCUT2D eigenvalue weighted by Gasteiger charge is -2.08. The highest BCUT2D eigenvalue weighted by Gasteiger charge is 2.12. The van der Waals surface area contributed by atoms with Gasteiger partial charge in [-0.1, -0.05) is 11.8 Å². The van der Waals surface area contributed by atoms with Crippen molar-refractivity contribution < 1.29 is 4.74 Å². The first-order valence-corrected chi connectivity index (χ1v) is 6.74. The average molecular weight is 325 g/mol. The summed E-state index contributed by atoms with van der Waals surface area (Å²) >= 11 is 4.58. The highest BCUT2D eigenvalue weighted by molar-refractivity contribution is 9.10. The summed E-state index contributed by atoms with van der Waals surface area (Å²) in [6, 6.07) is 5.47. The van der Waals surface area contributed by atoms with E-state index in [1.807, 2.05) is 6.07 Å². The quantitative estimate of drug-likeness (QED) is 0.391. The summed E-state index contributed by atoms with van der Waals surface area (Å²) in [7, 11) is 1.48. The molecule has 0 saturated carbocycles. The Kier molecular flexibility index (Phi) is 5.50. The van der Waals surface area contributed by atoms with Gasteiger partial charge in [0, 0.05) is 0 Å². The second-order valence-corrected chi connectivity index (χ2v) is 4.59. The molecule has 0 aromatic heterocycles. The van der Waals surface area contributed by atoms with Crippen LogP contribution in [0.2, 0.25) is 0 Å². The van der Waals surface area contributed by atoms with Crippen LogP contribution in [0, 0.1) is 22.8 Å². The summed E-state index contributed by atoms with van der Waals surface area (Å²) in [5, 5.41) is 20.6. The molecule has 0 aliphatic carbocycles. The predicted octanol–water partition coefficient (Wildman–Crippen LogP) is 2.75. The molecular weight excluding hydrogens is 316 g/mol. The molecule has 1 rings (SSSR count). The Bertz CT molecular complexity index is 559. The molecule has 0 heterocycles. The van der Waals surface area contributed by atoms with Crippen molar-refractivity contribution in [2.24, 2.45) is 4.99 Å². The van der Waals surface area contributed by atoms with Crippen molar-refractivity contribution in [3.05, 3.63) is 22.2 Å². The van der Waals surface area contributed by atoms with Crippen LogP contribution < -0.4 is 10.1 Å². The van der Waals surface area contributed by atoms with Crippen molar-refractivity contribution in [2.75, 3.05) is 13.4 Å². The van der Waals surface area contributed by atoms with Gasteiger partial charge in [0.15, 0.2) is 17.1 Å². The highest BCUT2D eigenvalue weighted by atomic mass is 79.9. The molecule has 1 aromatic carbocycles. The minimum Gasteiger partial charge on any atom is -0.494 e. The van der Waals surface area contributed by atoms with Crippen molar-refractivity contribution in [3.8, 4) is 18.0 Å². The van der Waals surface area contributed by atoms with Crippen LogP contribution in [0.3, 0.4) is 0 Å². The molecule has 0 aliphatic heterocycles. The Hall–Kier alpha value is -1.70. The largest absolute Gasteiger partial charge is 0.494 e. The molecule has 0 aliphatic rings. The minimum atomic E-state index is 0.318. The van der Waals surface area contributed by atoms with Crippen LogP contribution in [0.25, 0.3) is 0 Å². The number of hydrogen-bond donors (Lipinski definition) is 1. The number of nitrogens with zero attached hydrogens (tertiary/aromatic N) is 3. The van der Waals surface area contributed by atoms with Crippen LogP contribution in [0.1, 0.15) is 5.56 Å². The number of rotatable bonds is 2. The van der Waals surface area contributed by atoms with Crippen molar-refractivity contribution >= 4 is 38.5 Å². The molecule has 0 unspecified atom stereocenters. The van der Waals surface area contributed by atoms with E-state index in [1.54, 1.807) is 24.6 Å². The molecule has 92 valence electrons. The van der Waals surface area contributed by atoms with Gasteiger partial charge in [-0.2, -0.15) is 10.5 Å². The summed E-state index contributed by atoms with van der Waals surface area (Å²) in [5.74, 6) is 0.427. The number of thioether (sulfide) groups is 1. The van der Waals surface area contributed by atoms with Gasteiger partial charge in [-0.3, -0.25) is 5.32 Å². The molecule has 7 heteroatoms. The SMILES string of the molecule is COc1c(Br)ccc(N=C(NC#N)SC)c1C#N. The number of hydrogen-bond acceptors (Lipinski definition) is 5. The Morgan fingerprint density at radius 1 is 1.50 bits per heavy atom. The fourth-order valence-corrected chi connectivity index (χ4v) is 2.06. The smallest absolute Gasteiger partial charge is 0.183 e. The number of amidine groups is 1. The molecule has 1 N–H and O–H groups in total. The van der Waals surface area contributed by atoms with Crippen LogP contribution in [-0.2, 0) is 0 Å². The number of nitriles is 2. The molecule has 0 radical (unpaired) electrons. The van der Waals surface area contributed by atoms with Gasteiger partial charge in [-0.15, -0.1) is 0 Å². The van der Waals surface area contributed by atoms with E-state index in [4.69, 9.17) is 15.3 Å². The normalized spacial score (nSPS) is 10.4. The van der Waals surface area contributed by atoms with E-state index in [-0.39, 0.29) is 0 Å². The van der Waals surface area contributed by atoms with Gasteiger partial charge < -0.3 is 4.74 Å². The van der Waals surface area contributed by atoms with Crippen LogP contribution in [0.15, 0.2) is 21.6 Å². The molecule has 5 nitrogen and oxygen atoms in total. The second-order valence-electron chi connectivity index (χ2n) is 2.94. The zero-order valence-corrected chi connectivity index (χ0v) is 12.1. The maximum absolute atomic E-state index is 9.16. The molecule has 0 amide bonds. The molecule has 0 bridgehead atoms. The number of benzene rings is 1. The van der Waals surface area contributed by atoms with E-state index in [0.29, 0.717) is 26.6 Å². The standard InChI is InChI=1S/C11H9BrN4OS/c1-17-10-7(5-13)9(4-3-8(10)12)16-11(18-2)15-6-14/h3-4H,1-2H3,(H,15,16). The number of ether oxygens (including phenoxy) is 1. The van der Waals surface area contributed by atoms with Crippen LogP contribution in [0.4, 0.5) is 5.69 Å². The summed E-state index contributed by atoms with van der Waals surface area (Å²) < 4.78 is 5.83. The molecule has 1 aromatic rings. The fraction of sp³-hybridized carbons (Fsp3) is 0.182. The highest BCUT2D eigenvalue weighted by Crippen LogP contribution is 2.35. The Morgan fingerprint density at radius 3 is 2.72 bits per heavy atom. The topological polar surface area (TPSA) is 81.2 Å². The van der Waals surface area contributed by atoms with Gasteiger partial charge in [0.2, 0.25) is 0 Å². The lowest BCUT2D eigenvalue weighted by Crippen LogP contribution is -2.12. The van der Waals surface area contributed by atoms with Gasteiger partial charge in [-0.25, -0.2) is 4.99 Å². The third-order valence-electron chi connectivity index (χ3n) is 1.98. The van der Waals surface area contributed by atoms with Gasteiger partial charge in [-0.05, 0) is 34.3 Å². The van der Waals surface area contributed by atoms with Crippen molar-refractivity contribution in [1.29, 1.82) is 10.5 Å². The maximum Gasteiger partial charge on any atom is 0.183 e. The van der Waals surface area contributed by atoms with Crippen molar-refractivity contribution in [3.63, 3.8) is 0 Å². The number of halogens is 1. The van der Waals surface area contributed by atoms with Gasteiger partial charge in [0.1, 0.15) is 11.6 Å². The minimum absolute atomic E-state index is 0.318. The summed E-state index contributed by atoms with van der Waals surface area (Å²) in [4.78, 5) is 4.21. The van der Waals surface area contributed by atoms with E-state index in [1.165, 1.54) is 18.9 Å². The van der Waals surface area contributed by atoms with E-state index < -0.39 is 0 Å². The lowest BCUT2D eigenvalue weighted by molar-refractivity contribution is 0.411. The van der Waals surface area contributed by atoms with Crippen LogP contribution >= 0.6 is 27.7 Å². The second kappa shape index (κ2) is 6.90. The maximum atomic E-state index is 9.16. The van der Waals surface area contributed by atoms with Crippen molar-refractivity contribution in [1.82, 2.24) is 5.32 Å². The Balaban J connectivity index is 3.35. The number of methoxy groups -OCH3 is 1. The Morgan fingerprint density at radius 2 is 2.22 bits per heavy atom. The summed E-state index contributed by atoms with van der Waals surface area (Å²) in [6.07, 6.45) is 3.57. The van der Waals surface area contributed by atoms with Crippen molar-refractivity contribution in [2.45, 2.75) is 0 Å². The molecule has 18 heavy (non-hydrogen) atoms. The molecule has 0 saturated heterocycles. The fourth-order valence-electron chi connectivity index (χ4n) is 1.23. The monoisotopic (exact) mass is 324 g/mol. The third-order valence-corrected chi connectivity index (χ3v) is 3.19. The molecular formula is C11H9BrN4OS. The van der Waals surface area contributed by atoms with Gasteiger partial charge in [0.05, 0.1) is 17.3 Å². The molecule has 0 fully saturated rings. The number of aliphatic imine (C=N–C) groups is 1. The zero-order valence-electron chi connectivity index (χ0n) is 9.69. The first kappa shape index (κ1) is 14.4. The Labute approximate surface area is 118 Å². The lowest BCUT2D eigenvalue weighted by atomic mass is 10.2. The van der Waals surface area contributed by atoms with E-state index in [9.17, 15) is 0 Å². The van der Waals surface area contributed by atoms with Gasteiger partial charge in [0.25, 0.3) is 0 Å². The summed E-state index contributed by atoms with van der Waals surface area (Å²) in [5.41, 5.74) is 0.766. The van der Waals surface area contributed by atoms with Crippen LogP contribution in [-0.4, -0.2) is 18.5 Å². The third kappa shape index (κ3) is 3.16. The molecule has 0 atom stereocenters. The first-order valence-electron chi connectivity index (χ1n) is 4.72. The van der Waals surface area contributed by atoms with E-state index in [2.05, 4.69) is 26.2 Å². The van der Waals surface area contributed by atoms with Gasteiger partial charge >= 0.3 is 0 Å². The summed E-state index contributed by atoms with van der Waals surface area (Å²) in [6.45, 7) is 0.